The normalized spacial score (nSPS) is 11.5. The topological polar surface area (TPSA) is 45.0 Å². The third kappa shape index (κ3) is 4.51. The van der Waals surface area contributed by atoms with Gasteiger partial charge in [-0.3, -0.25) is 0 Å². The van der Waals surface area contributed by atoms with Crippen molar-refractivity contribution < 1.29 is 4.74 Å². The molecule has 0 saturated carbocycles. The molecule has 21 heavy (non-hydrogen) atoms. The molecule has 1 atom stereocenters. The van der Waals surface area contributed by atoms with Gasteiger partial charge in [0.1, 0.15) is 18.4 Å². The molecule has 0 bridgehead atoms. The van der Waals surface area contributed by atoms with Crippen LogP contribution in [-0.2, 0) is 0 Å². The van der Waals surface area contributed by atoms with Crippen molar-refractivity contribution in [1.82, 2.24) is 0 Å². The van der Waals surface area contributed by atoms with Gasteiger partial charge >= 0.3 is 0 Å². The second kappa shape index (κ2) is 7.14. The van der Waals surface area contributed by atoms with Gasteiger partial charge in [0.15, 0.2) is 0 Å². The van der Waals surface area contributed by atoms with Crippen LogP contribution < -0.4 is 10.1 Å². The summed E-state index contributed by atoms with van der Waals surface area (Å²) in [4.78, 5) is 0. The zero-order valence-corrected chi connectivity index (χ0v) is 13.6. The minimum atomic E-state index is 0.0905. The summed E-state index contributed by atoms with van der Waals surface area (Å²) in [6, 6.07) is 15.8. The Hall–Kier alpha value is -1.99. The average Bonchev–Trinajstić information content (AvgIpc) is 2.47. The summed E-state index contributed by atoms with van der Waals surface area (Å²) in [5.74, 6) is 0.851. The number of hydrogen-bond acceptors (Lipinski definition) is 3. The lowest BCUT2D eigenvalue weighted by Crippen LogP contribution is -2.24. The van der Waals surface area contributed by atoms with Crippen molar-refractivity contribution in [3.05, 3.63) is 58.1 Å². The van der Waals surface area contributed by atoms with Crippen LogP contribution in [0.1, 0.15) is 18.1 Å². The van der Waals surface area contributed by atoms with Crippen LogP contribution in [0, 0.1) is 18.3 Å². The first-order valence-corrected chi connectivity index (χ1v) is 7.53. The number of halogens is 1. The minimum absolute atomic E-state index is 0.0905. The van der Waals surface area contributed by atoms with Crippen molar-refractivity contribution in [1.29, 1.82) is 5.26 Å². The van der Waals surface area contributed by atoms with E-state index in [0.29, 0.717) is 12.2 Å². The summed E-state index contributed by atoms with van der Waals surface area (Å²) in [7, 11) is 0. The number of anilines is 1. The molecule has 4 heteroatoms. The average molecular weight is 345 g/mol. The van der Waals surface area contributed by atoms with E-state index in [1.165, 1.54) is 5.56 Å². The molecule has 0 fully saturated rings. The summed E-state index contributed by atoms with van der Waals surface area (Å²) in [6.07, 6.45) is 0. The molecule has 0 saturated heterocycles. The van der Waals surface area contributed by atoms with Crippen LogP contribution in [0.5, 0.6) is 5.75 Å². The summed E-state index contributed by atoms with van der Waals surface area (Å²) < 4.78 is 6.68. The molecule has 0 radical (unpaired) electrons. The van der Waals surface area contributed by atoms with E-state index < -0.39 is 0 Å². The molecule has 2 aromatic rings. The lowest BCUT2D eigenvalue weighted by molar-refractivity contribution is 0.304. The number of nitriles is 1. The molecule has 2 aromatic carbocycles. The van der Waals surface area contributed by atoms with Crippen molar-refractivity contribution in [3.8, 4) is 11.8 Å². The van der Waals surface area contributed by atoms with E-state index in [1.807, 2.05) is 50.2 Å². The van der Waals surface area contributed by atoms with Crippen LogP contribution in [0.25, 0.3) is 0 Å². The van der Waals surface area contributed by atoms with Crippen molar-refractivity contribution in [2.45, 2.75) is 19.9 Å². The van der Waals surface area contributed by atoms with Gasteiger partial charge in [0.2, 0.25) is 0 Å². The molecule has 0 amide bonds. The fourth-order valence-electron chi connectivity index (χ4n) is 1.90. The zero-order valence-electron chi connectivity index (χ0n) is 12.1. The van der Waals surface area contributed by atoms with Gasteiger partial charge in [0.05, 0.1) is 17.3 Å². The fourth-order valence-corrected chi connectivity index (χ4v) is 2.26. The monoisotopic (exact) mass is 344 g/mol. The molecular formula is C17H17BrN2O. The molecule has 0 spiro atoms. The highest BCUT2D eigenvalue weighted by Crippen LogP contribution is 2.21. The van der Waals surface area contributed by atoms with Crippen LogP contribution in [0.2, 0.25) is 0 Å². The lowest BCUT2D eigenvalue weighted by Gasteiger charge is -2.17. The maximum absolute atomic E-state index is 9.12. The van der Waals surface area contributed by atoms with E-state index >= 15 is 0 Å². The third-order valence-electron chi connectivity index (χ3n) is 3.02. The quantitative estimate of drug-likeness (QED) is 0.867. The predicted octanol–water partition coefficient (Wildman–Crippen LogP) is 4.51. The highest BCUT2D eigenvalue weighted by molar-refractivity contribution is 9.10. The van der Waals surface area contributed by atoms with E-state index in [9.17, 15) is 0 Å². The summed E-state index contributed by atoms with van der Waals surface area (Å²) in [5.41, 5.74) is 2.65. The molecule has 0 aliphatic heterocycles. The molecular weight excluding hydrogens is 328 g/mol. The van der Waals surface area contributed by atoms with E-state index in [0.717, 1.165) is 15.9 Å². The summed E-state index contributed by atoms with van der Waals surface area (Å²) in [6.45, 7) is 4.60. The van der Waals surface area contributed by atoms with Gasteiger partial charge in [0, 0.05) is 4.47 Å². The Balaban J connectivity index is 1.96. The Bertz CT molecular complexity index is 647. The second-order valence-electron chi connectivity index (χ2n) is 4.97. The predicted molar refractivity (Wildman–Crippen MR) is 88.6 cm³/mol. The first-order chi connectivity index (χ1) is 10.1. The van der Waals surface area contributed by atoms with Gasteiger partial charge in [-0.15, -0.1) is 0 Å². The second-order valence-corrected chi connectivity index (χ2v) is 5.89. The smallest absolute Gasteiger partial charge is 0.119 e. The van der Waals surface area contributed by atoms with E-state index in [-0.39, 0.29) is 6.04 Å². The Morgan fingerprint density at radius 1 is 1.24 bits per heavy atom. The molecule has 0 heterocycles. The molecule has 1 N–H and O–H groups in total. The molecule has 0 aliphatic rings. The highest BCUT2D eigenvalue weighted by atomic mass is 79.9. The Morgan fingerprint density at radius 3 is 2.62 bits per heavy atom. The van der Waals surface area contributed by atoms with Crippen molar-refractivity contribution >= 4 is 21.6 Å². The maximum atomic E-state index is 9.12. The van der Waals surface area contributed by atoms with Gasteiger partial charge in [-0.05, 0) is 44.2 Å². The van der Waals surface area contributed by atoms with Crippen molar-refractivity contribution in [2.75, 3.05) is 11.9 Å². The fraction of sp³-hybridized carbons (Fsp3) is 0.235. The number of hydrogen-bond donors (Lipinski definition) is 1. The minimum Gasteiger partial charge on any atom is -0.491 e. The molecule has 3 nitrogen and oxygen atoms in total. The first-order valence-electron chi connectivity index (χ1n) is 6.74. The lowest BCUT2D eigenvalue weighted by atomic mass is 10.2. The van der Waals surface area contributed by atoms with Gasteiger partial charge in [0.25, 0.3) is 0 Å². The SMILES string of the molecule is Cc1ccc(OCC(C)Nc2cc(Br)ccc2C#N)cc1. The Morgan fingerprint density at radius 2 is 1.95 bits per heavy atom. The summed E-state index contributed by atoms with van der Waals surface area (Å²) in [5, 5.41) is 12.4. The summed E-state index contributed by atoms with van der Waals surface area (Å²) >= 11 is 3.42. The zero-order chi connectivity index (χ0) is 15.2. The van der Waals surface area contributed by atoms with E-state index in [1.54, 1.807) is 6.07 Å². The number of ether oxygens (including phenoxy) is 1. The standard InChI is InChI=1S/C17H17BrN2O/c1-12-3-7-16(8-4-12)21-11-13(2)20-17-9-15(18)6-5-14(17)10-19/h3-9,13,20H,11H2,1-2H3. The van der Waals surface area contributed by atoms with Crippen LogP contribution >= 0.6 is 15.9 Å². The number of nitrogens with zero attached hydrogens (tertiary/aromatic N) is 1. The van der Waals surface area contributed by atoms with Gasteiger partial charge in [-0.2, -0.15) is 5.26 Å². The molecule has 0 aromatic heterocycles. The van der Waals surface area contributed by atoms with Gasteiger partial charge in [-0.25, -0.2) is 0 Å². The largest absolute Gasteiger partial charge is 0.491 e. The van der Waals surface area contributed by atoms with Crippen molar-refractivity contribution in [3.63, 3.8) is 0 Å². The van der Waals surface area contributed by atoms with Crippen LogP contribution in [0.4, 0.5) is 5.69 Å². The highest BCUT2D eigenvalue weighted by Gasteiger charge is 2.08. The third-order valence-corrected chi connectivity index (χ3v) is 3.52. The van der Waals surface area contributed by atoms with Crippen LogP contribution in [-0.4, -0.2) is 12.6 Å². The van der Waals surface area contributed by atoms with Crippen LogP contribution in [0.15, 0.2) is 46.9 Å². The van der Waals surface area contributed by atoms with Gasteiger partial charge < -0.3 is 10.1 Å². The maximum Gasteiger partial charge on any atom is 0.119 e. The van der Waals surface area contributed by atoms with Gasteiger partial charge in [-0.1, -0.05) is 33.6 Å². The molecule has 0 aliphatic carbocycles. The molecule has 2 rings (SSSR count). The molecule has 1 unspecified atom stereocenters. The number of aryl methyl sites for hydroxylation is 1. The van der Waals surface area contributed by atoms with E-state index in [2.05, 4.69) is 27.3 Å². The van der Waals surface area contributed by atoms with Crippen molar-refractivity contribution in [2.24, 2.45) is 0 Å². The Kier molecular flexibility index (Phi) is 5.24. The number of nitrogens with one attached hydrogen (secondary N) is 1. The van der Waals surface area contributed by atoms with E-state index in [4.69, 9.17) is 10.00 Å². The number of benzene rings is 2. The Labute approximate surface area is 133 Å². The van der Waals surface area contributed by atoms with Crippen LogP contribution in [0.3, 0.4) is 0 Å². The first kappa shape index (κ1) is 15.4. The number of rotatable bonds is 5. The molecule has 108 valence electrons.